The van der Waals surface area contributed by atoms with E-state index in [9.17, 15) is 26.7 Å². The third-order valence-corrected chi connectivity index (χ3v) is 2.98. The molecule has 106 valence electrons. The predicted molar refractivity (Wildman–Crippen MR) is 57.6 cm³/mol. The van der Waals surface area contributed by atoms with Crippen molar-refractivity contribution in [3.05, 3.63) is 27.5 Å². The zero-order valence-electron chi connectivity index (χ0n) is 9.39. The molecule has 0 aromatic carbocycles. The number of hydrogen-bond donors (Lipinski definition) is 0. The van der Waals surface area contributed by atoms with Crippen molar-refractivity contribution < 1.29 is 31.5 Å². The van der Waals surface area contributed by atoms with Crippen molar-refractivity contribution in [1.29, 1.82) is 0 Å². The number of carbonyl (C=O) groups excluding carboxylic acids is 1. The number of carbonyl (C=O) groups is 1. The Balaban J connectivity index is 3.40. The second-order valence-corrected chi connectivity index (χ2v) is 4.20. The van der Waals surface area contributed by atoms with Crippen LogP contribution in [0.4, 0.5) is 22.0 Å². The number of rotatable bonds is 3. The maximum atomic E-state index is 12.9. The van der Waals surface area contributed by atoms with E-state index in [1.165, 1.54) is 0 Å². The van der Waals surface area contributed by atoms with Crippen LogP contribution in [0.3, 0.4) is 0 Å². The average Bonchev–Trinajstić information content (AvgIpc) is 2.26. The minimum absolute atomic E-state index is 0.532. The van der Waals surface area contributed by atoms with Gasteiger partial charge in [0.2, 0.25) is 0 Å². The molecule has 1 aromatic heterocycles. The van der Waals surface area contributed by atoms with E-state index in [2.05, 4.69) is 25.7 Å². The molecule has 3 nitrogen and oxygen atoms in total. The highest BCUT2D eigenvalue weighted by Gasteiger charge is 2.38. The summed E-state index contributed by atoms with van der Waals surface area (Å²) < 4.78 is 66.9. The molecular weight excluding hydrogens is 341 g/mol. The Kier molecular flexibility index (Phi) is 4.83. The van der Waals surface area contributed by atoms with Crippen LogP contribution in [-0.2, 0) is 22.1 Å². The second kappa shape index (κ2) is 5.81. The molecule has 0 saturated heterocycles. The Morgan fingerprint density at radius 1 is 1.47 bits per heavy atom. The van der Waals surface area contributed by atoms with Crippen LogP contribution in [0.25, 0.3) is 0 Å². The summed E-state index contributed by atoms with van der Waals surface area (Å²) in [5.74, 6) is -0.927. The number of methoxy groups -OCH3 is 1. The van der Waals surface area contributed by atoms with E-state index in [0.29, 0.717) is 6.20 Å². The minimum Gasteiger partial charge on any atom is -0.469 e. The van der Waals surface area contributed by atoms with Gasteiger partial charge in [-0.15, -0.1) is 0 Å². The van der Waals surface area contributed by atoms with Crippen LogP contribution in [0, 0.1) is 0 Å². The minimum atomic E-state index is -4.89. The van der Waals surface area contributed by atoms with E-state index in [-0.39, 0.29) is 0 Å². The summed E-state index contributed by atoms with van der Waals surface area (Å²) in [6.07, 6.45) is -8.16. The van der Waals surface area contributed by atoms with Crippen molar-refractivity contribution in [2.75, 3.05) is 7.11 Å². The lowest BCUT2D eigenvalue weighted by atomic mass is 10.1. The molecule has 0 atom stereocenters. The molecule has 9 heteroatoms. The summed E-state index contributed by atoms with van der Waals surface area (Å²) in [5, 5.41) is 0. The normalized spacial score (nSPS) is 11.8. The summed E-state index contributed by atoms with van der Waals surface area (Å²) in [4.78, 5) is 14.2. The van der Waals surface area contributed by atoms with Crippen molar-refractivity contribution in [2.24, 2.45) is 0 Å². The van der Waals surface area contributed by atoms with Crippen molar-refractivity contribution in [3.8, 4) is 0 Å². The van der Waals surface area contributed by atoms with Gasteiger partial charge in [0.1, 0.15) is 5.69 Å². The highest BCUT2D eigenvalue weighted by molar-refractivity contribution is 9.10. The van der Waals surface area contributed by atoms with Gasteiger partial charge in [0, 0.05) is 6.20 Å². The van der Waals surface area contributed by atoms with E-state index < -0.39 is 46.3 Å². The lowest BCUT2D eigenvalue weighted by Gasteiger charge is -2.16. The maximum Gasteiger partial charge on any atom is 0.417 e. The van der Waals surface area contributed by atoms with Gasteiger partial charge in [-0.1, -0.05) is 0 Å². The fourth-order valence-electron chi connectivity index (χ4n) is 1.36. The smallest absolute Gasteiger partial charge is 0.417 e. The SMILES string of the molecule is COC(=O)Cc1cnc(C(F)F)c(Br)c1C(F)(F)F. The molecule has 0 aliphatic carbocycles. The van der Waals surface area contributed by atoms with Crippen LogP contribution in [0.2, 0.25) is 0 Å². The fourth-order valence-corrected chi connectivity index (χ4v) is 2.11. The van der Waals surface area contributed by atoms with Crippen molar-refractivity contribution >= 4 is 21.9 Å². The van der Waals surface area contributed by atoms with E-state index in [1.54, 1.807) is 0 Å². The van der Waals surface area contributed by atoms with Gasteiger partial charge in [-0.25, -0.2) is 8.78 Å². The molecule has 19 heavy (non-hydrogen) atoms. The molecule has 0 saturated carbocycles. The molecule has 0 radical (unpaired) electrons. The lowest BCUT2D eigenvalue weighted by Crippen LogP contribution is -2.16. The van der Waals surface area contributed by atoms with Crippen molar-refractivity contribution in [2.45, 2.75) is 19.0 Å². The molecule has 1 rings (SSSR count). The monoisotopic (exact) mass is 347 g/mol. The number of esters is 1. The third kappa shape index (κ3) is 3.62. The number of ether oxygens (including phenoxy) is 1. The summed E-state index contributed by atoms with van der Waals surface area (Å²) in [7, 11) is 1.01. The molecule has 0 spiro atoms. The number of alkyl halides is 5. The first-order valence-corrected chi connectivity index (χ1v) is 5.57. The summed E-state index contributed by atoms with van der Waals surface area (Å²) in [6, 6.07) is 0. The number of hydrogen-bond acceptors (Lipinski definition) is 3. The topological polar surface area (TPSA) is 39.2 Å². The number of aromatic nitrogens is 1. The van der Waals surface area contributed by atoms with Crippen LogP contribution in [-0.4, -0.2) is 18.1 Å². The van der Waals surface area contributed by atoms with Gasteiger partial charge in [-0.2, -0.15) is 13.2 Å². The van der Waals surface area contributed by atoms with Gasteiger partial charge in [-0.05, 0) is 21.5 Å². The molecule has 0 amide bonds. The Bertz CT molecular complexity index is 490. The predicted octanol–water partition coefficient (Wildman–Crippen LogP) is 3.52. The largest absolute Gasteiger partial charge is 0.469 e. The Labute approximate surface area is 112 Å². The molecule has 0 aliphatic rings. The van der Waals surface area contributed by atoms with E-state index in [4.69, 9.17) is 0 Å². The van der Waals surface area contributed by atoms with Crippen LogP contribution in [0.1, 0.15) is 23.2 Å². The van der Waals surface area contributed by atoms with Crippen LogP contribution in [0.15, 0.2) is 10.7 Å². The molecular formula is C10H7BrF5NO2. The Morgan fingerprint density at radius 2 is 2.05 bits per heavy atom. The van der Waals surface area contributed by atoms with Crippen molar-refractivity contribution in [3.63, 3.8) is 0 Å². The van der Waals surface area contributed by atoms with E-state index >= 15 is 0 Å². The first kappa shape index (κ1) is 15.8. The molecule has 0 N–H and O–H groups in total. The standard InChI is InChI=1S/C10H7BrF5NO2/c1-19-5(18)2-4-3-17-8(9(12)13)7(11)6(4)10(14,15)16/h3,9H,2H2,1H3. The summed E-state index contributed by atoms with van der Waals surface area (Å²) >= 11 is 2.47. The molecule has 0 unspecified atom stereocenters. The van der Waals surface area contributed by atoms with Crippen LogP contribution < -0.4 is 0 Å². The van der Waals surface area contributed by atoms with E-state index in [1.807, 2.05) is 0 Å². The van der Waals surface area contributed by atoms with Gasteiger partial charge >= 0.3 is 12.1 Å². The Hall–Kier alpha value is -1.25. The van der Waals surface area contributed by atoms with Gasteiger partial charge in [0.25, 0.3) is 6.43 Å². The van der Waals surface area contributed by atoms with Gasteiger partial charge in [0.05, 0.1) is 23.6 Å². The summed E-state index contributed by atoms with van der Waals surface area (Å²) in [5.41, 5.74) is -2.90. The molecule has 0 bridgehead atoms. The Morgan fingerprint density at radius 3 is 2.47 bits per heavy atom. The summed E-state index contributed by atoms with van der Waals surface area (Å²) in [6.45, 7) is 0. The van der Waals surface area contributed by atoms with Crippen LogP contribution >= 0.6 is 15.9 Å². The second-order valence-electron chi connectivity index (χ2n) is 3.41. The fraction of sp³-hybridized carbons (Fsp3) is 0.400. The zero-order valence-corrected chi connectivity index (χ0v) is 11.0. The van der Waals surface area contributed by atoms with Gasteiger partial charge < -0.3 is 4.74 Å². The average molecular weight is 348 g/mol. The third-order valence-electron chi connectivity index (χ3n) is 2.18. The van der Waals surface area contributed by atoms with Crippen molar-refractivity contribution in [1.82, 2.24) is 4.98 Å². The highest BCUT2D eigenvalue weighted by atomic mass is 79.9. The molecule has 1 aromatic rings. The maximum absolute atomic E-state index is 12.9. The lowest BCUT2D eigenvalue weighted by molar-refractivity contribution is -0.141. The van der Waals surface area contributed by atoms with Crippen LogP contribution in [0.5, 0.6) is 0 Å². The first-order chi connectivity index (χ1) is 8.68. The highest BCUT2D eigenvalue weighted by Crippen LogP contribution is 2.40. The molecule has 0 aliphatic heterocycles. The zero-order chi connectivity index (χ0) is 14.8. The molecule has 0 fully saturated rings. The van der Waals surface area contributed by atoms with E-state index in [0.717, 1.165) is 7.11 Å². The first-order valence-electron chi connectivity index (χ1n) is 4.78. The quantitative estimate of drug-likeness (QED) is 0.620. The van der Waals surface area contributed by atoms with Gasteiger partial charge in [-0.3, -0.25) is 9.78 Å². The molecule has 1 heterocycles. The number of halogens is 6. The van der Waals surface area contributed by atoms with Gasteiger partial charge in [0.15, 0.2) is 0 Å². The number of pyridine rings is 1. The number of nitrogens with zero attached hydrogens (tertiary/aromatic N) is 1.